The van der Waals surface area contributed by atoms with Crippen LogP contribution in [0.5, 0.6) is 0 Å². The van der Waals surface area contributed by atoms with Crippen LogP contribution < -0.4 is 10.2 Å². The highest BCUT2D eigenvalue weighted by molar-refractivity contribution is 7.07. The zero-order valence-corrected chi connectivity index (χ0v) is 14.5. The Hall–Kier alpha value is -2.12. The summed E-state index contributed by atoms with van der Waals surface area (Å²) in [5.74, 6) is -0.390. The van der Waals surface area contributed by atoms with Crippen LogP contribution in [-0.2, 0) is 4.79 Å². The predicted molar refractivity (Wildman–Crippen MR) is 94.7 cm³/mol. The molecule has 0 atom stereocenters. The summed E-state index contributed by atoms with van der Waals surface area (Å²) in [4.78, 5) is 31.9. The smallest absolute Gasteiger partial charge is 0.271 e. The van der Waals surface area contributed by atoms with Gasteiger partial charge in [-0.3, -0.25) is 9.59 Å². The van der Waals surface area contributed by atoms with Crippen molar-refractivity contribution < 1.29 is 9.59 Å². The number of thiazole rings is 1. The van der Waals surface area contributed by atoms with Crippen LogP contribution in [0.2, 0.25) is 5.02 Å². The molecular formula is C16H17ClN4O2S. The summed E-state index contributed by atoms with van der Waals surface area (Å²) >= 11 is 7.25. The molecule has 1 N–H and O–H groups in total. The van der Waals surface area contributed by atoms with Crippen molar-refractivity contribution in [1.82, 2.24) is 15.2 Å². The number of hydrogen-bond donors (Lipinski definition) is 1. The molecule has 1 fully saturated rings. The number of carbonyl (C=O) groups is 2. The fraction of sp³-hybridized carbons (Fsp3) is 0.312. The van der Waals surface area contributed by atoms with Gasteiger partial charge in [-0.05, 0) is 24.3 Å². The highest BCUT2D eigenvalue weighted by Crippen LogP contribution is 2.19. The van der Waals surface area contributed by atoms with Crippen LogP contribution >= 0.6 is 22.9 Å². The summed E-state index contributed by atoms with van der Waals surface area (Å²) in [7, 11) is 0. The molecule has 3 rings (SSSR count). The molecule has 0 unspecified atom stereocenters. The third-order valence-electron chi connectivity index (χ3n) is 3.89. The third-order valence-corrected chi connectivity index (χ3v) is 4.73. The van der Waals surface area contributed by atoms with Gasteiger partial charge < -0.3 is 15.1 Å². The van der Waals surface area contributed by atoms with E-state index in [9.17, 15) is 9.59 Å². The predicted octanol–water partition coefficient (Wildman–Crippen LogP) is 1.88. The van der Waals surface area contributed by atoms with E-state index in [1.807, 2.05) is 24.3 Å². The molecule has 1 saturated heterocycles. The quantitative estimate of drug-likeness (QED) is 0.899. The molecule has 1 aliphatic heterocycles. The fourth-order valence-electron chi connectivity index (χ4n) is 2.55. The minimum atomic E-state index is -0.315. The summed E-state index contributed by atoms with van der Waals surface area (Å²) in [6, 6.07) is 7.69. The van der Waals surface area contributed by atoms with Gasteiger partial charge in [0.1, 0.15) is 5.69 Å². The minimum Gasteiger partial charge on any atom is -0.368 e. The Morgan fingerprint density at radius 1 is 1.17 bits per heavy atom. The van der Waals surface area contributed by atoms with Crippen molar-refractivity contribution in [1.29, 1.82) is 0 Å². The number of halogens is 1. The summed E-state index contributed by atoms with van der Waals surface area (Å²) in [5, 5.41) is 4.99. The normalized spacial score (nSPS) is 14.5. The van der Waals surface area contributed by atoms with Crippen molar-refractivity contribution in [2.24, 2.45) is 0 Å². The highest BCUT2D eigenvalue weighted by Gasteiger charge is 2.21. The number of nitrogens with zero attached hydrogens (tertiary/aromatic N) is 3. The molecule has 2 amide bonds. The van der Waals surface area contributed by atoms with E-state index < -0.39 is 0 Å². The molecule has 0 aliphatic carbocycles. The second-order valence-electron chi connectivity index (χ2n) is 5.40. The van der Waals surface area contributed by atoms with E-state index in [-0.39, 0.29) is 18.4 Å². The second kappa shape index (κ2) is 7.63. The van der Waals surface area contributed by atoms with Crippen LogP contribution in [0.1, 0.15) is 10.5 Å². The molecule has 126 valence electrons. The first-order chi connectivity index (χ1) is 11.6. The van der Waals surface area contributed by atoms with Crippen LogP contribution in [0, 0.1) is 0 Å². The molecule has 1 aromatic heterocycles. The van der Waals surface area contributed by atoms with Gasteiger partial charge in [0.05, 0.1) is 12.1 Å². The lowest BCUT2D eigenvalue weighted by Gasteiger charge is -2.36. The maximum atomic E-state index is 12.2. The van der Waals surface area contributed by atoms with Crippen molar-refractivity contribution in [2.45, 2.75) is 0 Å². The first-order valence-corrected chi connectivity index (χ1v) is 8.90. The zero-order chi connectivity index (χ0) is 16.9. The number of carbonyl (C=O) groups excluding carboxylic acids is 2. The fourth-order valence-corrected chi connectivity index (χ4v) is 3.21. The largest absolute Gasteiger partial charge is 0.368 e. The van der Waals surface area contributed by atoms with Gasteiger partial charge in [-0.1, -0.05) is 11.6 Å². The van der Waals surface area contributed by atoms with Gasteiger partial charge in [-0.25, -0.2) is 4.98 Å². The Kier molecular flexibility index (Phi) is 5.32. The molecule has 2 aromatic rings. The van der Waals surface area contributed by atoms with Gasteiger partial charge in [0.15, 0.2) is 0 Å². The zero-order valence-electron chi connectivity index (χ0n) is 12.9. The number of rotatable bonds is 4. The monoisotopic (exact) mass is 364 g/mol. The van der Waals surface area contributed by atoms with E-state index in [1.165, 1.54) is 11.3 Å². The lowest BCUT2D eigenvalue weighted by Crippen LogP contribution is -2.51. The maximum absolute atomic E-state index is 12.2. The Labute approximate surface area is 149 Å². The van der Waals surface area contributed by atoms with Gasteiger partial charge in [0.2, 0.25) is 5.91 Å². The molecule has 0 radical (unpaired) electrons. The number of aromatic nitrogens is 1. The number of amides is 2. The molecule has 1 aromatic carbocycles. The SMILES string of the molecule is O=C(NCC(=O)N1CCN(c2ccc(Cl)cc2)CC1)c1cscn1. The molecule has 0 spiro atoms. The first kappa shape index (κ1) is 16.7. The number of hydrogen-bond acceptors (Lipinski definition) is 5. The third kappa shape index (κ3) is 4.04. The standard InChI is InChI=1S/C16H17ClN4O2S/c17-12-1-3-13(4-2-12)20-5-7-21(8-6-20)15(22)9-18-16(23)14-10-24-11-19-14/h1-4,10-11H,5-9H2,(H,18,23). The van der Waals surface area contributed by atoms with E-state index in [0.29, 0.717) is 23.8 Å². The van der Waals surface area contributed by atoms with E-state index >= 15 is 0 Å². The summed E-state index contributed by atoms with van der Waals surface area (Å²) in [6.45, 7) is 2.78. The van der Waals surface area contributed by atoms with Crippen molar-refractivity contribution >= 4 is 40.4 Å². The Morgan fingerprint density at radius 3 is 2.50 bits per heavy atom. The van der Waals surface area contributed by atoms with Crippen molar-refractivity contribution in [2.75, 3.05) is 37.6 Å². The van der Waals surface area contributed by atoms with Crippen LogP contribution in [-0.4, -0.2) is 54.4 Å². The van der Waals surface area contributed by atoms with Gasteiger partial charge in [0.25, 0.3) is 5.91 Å². The van der Waals surface area contributed by atoms with Gasteiger partial charge in [-0.2, -0.15) is 0 Å². The van der Waals surface area contributed by atoms with Gasteiger partial charge in [-0.15, -0.1) is 11.3 Å². The molecule has 8 heteroatoms. The Morgan fingerprint density at radius 2 is 1.88 bits per heavy atom. The minimum absolute atomic E-state index is 0.00267. The molecule has 1 aliphatic rings. The topological polar surface area (TPSA) is 65.5 Å². The van der Waals surface area contributed by atoms with E-state index in [4.69, 9.17) is 11.6 Å². The van der Waals surface area contributed by atoms with E-state index in [0.717, 1.165) is 18.8 Å². The number of anilines is 1. The lowest BCUT2D eigenvalue weighted by molar-refractivity contribution is -0.130. The number of benzene rings is 1. The second-order valence-corrected chi connectivity index (χ2v) is 6.56. The Balaban J connectivity index is 1.46. The summed E-state index contributed by atoms with van der Waals surface area (Å²) < 4.78 is 0. The summed E-state index contributed by atoms with van der Waals surface area (Å²) in [5.41, 5.74) is 3.04. The molecule has 0 bridgehead atoms. The van der Waals surface area contributed by atoms with Crippen LogP contribution in [0.4, 0.5) is 5.69 Å². The lowest BCUT2D eigenvalue weighted by atomic mass is 10.2. The van der Waals surface area contributed by atoms with Crippen LogP contribution in [0.3, 0.4) is 0 Å². The molecule has 2 heterocycles. The summed E-state index contributed by atoms with van der Waals surface area (Å²) in [6.07, 6.45) is 0. The van der Waals surface area contributed by atoms with E-state index in [1.54, 1.807) is 15.8 Å². The molecule has 0 saturated carbocycles. The average molecular weight is 365 g/mol. The molecule has 6 nitrogen and oxygen atoms in total. The average Bonchev–Trinajstić information content (AvgIpc) is 3.15. The number of piperazine rings is 1. The van der Waals surface area contributed by atoms with Crippen LogP contribution in [0.15, 0.2) is 35.2 Å². The Bertz CT molecular complexity index is 697. The van der Waals surface area contributed by atoms with Crippen molar-refractivity contribution in [3.05, 3.63) is 45.9 Å². The van der Waals surface area contributed by atoms with Gasteiger partial charge >= 0.3 is 0 Å². The number of nitrogens with one attached hydrogen (secondary N) is 1. The molecule has 24 heavy (non-hydrogen) atoms. The first-order valence-electron chi connectivity index (χ1n) is 7.58. The van der Waals surface area contributed by atoms with Crippen molar-refractivity contribution in [3.8, 4) is 0 Å². The van der Waals surface area contributed by atoms with Crippen LogP contribution in [0.25, 0.3) is 0 Å². The maximum Gasteiger partial charge on any atom is 0.271 e. The van der Waals surface area contributed by atoms with Crippen molar-refractivity contribution in [3.63, 3.8) is 0 Å². The molecular weight excluding hydrogens is 348 g/mol. The highest BCUT2D eigenvalue weighted by atomic mass is 35.5. The van der Waals surface area contributed by atoms with Gasteiger partial charge in [0, 0.05) is 42.3 Å². The van der Waals surface area contributed by atoms with E-state index in [2.05, 4.69) is 15.2 Å².